The van der Waals surface area contributed by atoms with Gasteiger partial charge in [0, 0.05) is 28.7 Å². The van der Waals surface area contributed by atoms with Crippen molar-refractivity contribution < 1.29 is 23.9 Å². The lowest BCUT2D eigenvalue weighted by molar-refractivity contribution is -0.130. The van der Waals surface area contributed by atoms with Crippen molar-refractivity contribution in [1.82, 2.24) is 14.8 Å². The first-order valence-corrected chi connectivity index (χ1v) is 11.0. The lowest BCUT2D eigenvalue weighted by Gasteiger charge is -2.22. The summed E-state index contributed by atoms with van der Waals surface area (Å²) in [5.74, 6) is 0.571. The molecule has 2 aromatic carbocycles. The molecule has 3 heterocycles. The molecule has 0 aliphatic carbocycles. The summed E-state index contributed by atoms with van der Waals surface area (Å²) < 4.78 is 12.8. The van der Waals surface area contributed by atoms with Crippen LogP contribution in [-0.4, -0.2) is 40.5 Å². The predicted molar refractivity (Wildman–Crippen MR) is 124 cm³/mol. The fourth-order valence-corrected chi connectivity index (χ4v) is 4.62. The van der Waals surface area contributed by atoms with E-state index in [-0.39, 0.29) is 19.1 Å². The van der Waals surface area contributed by atoms with Crippen LogP contribution in [0.3, 0.4) is 0 Å². The van der Waals surface area contributed by atoms with Crippen molar-refractivity contribution in [2.24, 2.45) is 0 Å². The van der Waals surface area contributed by atoms with Crippen LogP contribution in [0.1, 0.15) is 39.8 Å². The molecular weight excluding hydrogens is 434 g/mol. The van der Waals surface area contributed by atoms with Gasteiger partial charge in [-0.15, -0.1) is 0 Å². The molecule has 3 aromatic rings. The number of aromatic nitrogens is 1. The summed E-state index contributed by atoms with van der Waals surface area (Å²) in [6.07, 6.45) is 0. The van der Waals surface area contributed by atoms with E-state index in [4.69, 9.17) is 9.47 Å². The van der Waals surface area contributed by atoms with Crippen molar-refractivity contribution in [3.05, 3.63) is 76.6 Å². The van der Waals surface area contributed by atoms with Crippen LogP contribution in [0.2, 0.25) is 0 Å². The third kappa shape index (κ3) is 3.34. The Kier molecular flexibility index (Phi) is 4.97. The van der Waals surface area contributed by atoms with Crippen LogP contribution in [0.25, 0.3) is 5.69 Å². The number of rotatable bonds is 5. The quantitative estimate of drug-likeness (QED) is 0.463. The molecule has 34 heavy (non-hydrogen) atoms. The molecule has 1 saturated heterocycles. The summed E-state index contributed by atoms with van der Waals surface area (Å²) in [5.41, 5.74) is 3.37. The lowest BCUT2D eigenvalue weighted by atomic mass is 9.91. The molecule has 8 nitrogen and oxygen atoms in total. The van der Waals surface area contributed by atoms with Crippen LogP contribution < -0.4 is 14.8 Å². The molecular formula is C26H25N3O5. The molecule has 0 saturated carbocycles. The van der Waals surface area contributed by atoms with E-state index in [0.717, 1.165) is 27.5 Å². The molecule has 2 aliphatic rings. The number of amides is 3. The minimum absolute atomic E-state index is 0.180. The highest BCUT2D eigenvalue weighted by atomic mass is 16.7. The maximum Gasteiger partial charge on any atom is 0.325 e. The first-order valence-electron chi connectivity index (χ1n) is 11.0. The molecule has 1 aromatic heterocycles. The maximum absolute atomic E-state index is 13.3. The molecule has 0 spiro atoms. The fraction of sp³-hybridized carbons (Fsp3) is 0.269. The number of hydrogen-bond donors (Lipinski definition) is 1. The second-order valence-corrected chi connectivity index (χ2v) is 8.89. The van der Waals surface area contributed by atoms with Crippen molar-refractivity contribution in [2.75, 3.05) is 13.3 Å². The summed E-state index contributed by atoms with van der Waals surface area (Å²) in [6, 6.07) is 14.2. The van der Waals surface area contributed by atoms with Crippen LogP contribution >= 0.6 is 0 Å². The van der Waals surface area contributed by atoms with Crippen LogP contribution in [-0.2, 0) is 10.3 Å². The molecule has 1 atom stereocenters. The van der Waals surface area contributed by atoms with E-state index in [9.17, 15) is 14.4 Å². The summed E-state index contributed by atoms with van der Waals surface area (Å²) in [5, 5.41) is 2.76. The van der Waals surface area contributed by atoms with E-state index in [1.54, 1.807) is 13.0 Å². The Labute approximate surface area is 197 Å². The number of urea groups is 1. The molecule has 174 valence electrons. The van der Waals surface area contributed by atoms with Gasteiger partial charge in [0.1, 0.15) is 5.54 Å². The van der Waals surface area contributed by atoms with E-state index in [2.05, 4.69) is 5.32 Å². The number of imide groups is 1. The normalized spacial score (nSPS) is 19.0. The van der Waals surface area contributed by atoms with Gasteiger partial charge in [0.15, 0.2) is 17.3 Å². The number of hydrogen-bond acceptors (Lipinski definition) is 5. The SMILES string of the molecule is Cc1ccc([C@@]2(C)NC(=O)N(CC(=O)c3cc(C)n(-c4ccc5c(c4)OCO5)c3C)C2=O)cc1. The molecule has 0 radical (unpaired) electrons. The molecule has 2 aliphatic heterocycles. The number of fused-ring (bicyclic) bond motifs is 1. The Morgan fingerprint density at radius 1 is 1.00 bits per heavy atom. The van der Waals surface area contributed by atoms with Gasteiger partial charge in [0.25, 0.3) is 5.91 Å². The van der Waals surface area contributed by atoms with E-state index < -0.39 is 17.5 Å². The van der Waals surface area contributed by atoms with Gasteiger partial charge >= 0.3 is 6.03 Å². The predicted octanol–water partition coefficient (Wildman–Crippen LogP) is 3.78. The van der Waals surface area contributed by atoms with E-state index >= 15 is 0 Å². The fourth-order valence-electron chi connectivity index (χ4n) is 4.62. The Hall–Kier alpha value is -4.07. The zero-order valence-corrected chi connectivity index (χ0v) is 19.5. The number of nitrogens with zero attached hydrogens (tertiary/aromatic N) is 2. The monoisotopic (exact) mass is 459 g/mol. The first-order chi connectivity index (χ1) is 16.2. The molecule has 8 heteroatoms. The van der Waals surface area contributed by atoms with E-state index in [1.165, 1.54) is 0 Å². The van der Waals surface area contributed by atoms with Gasteiger partial charge in [-0.05, 0) is 51.5 Å². The second kappa shape index (κ2) is 7.76. The van der Waals surface area contributed by atoms with Crippen LogP contribution in [0, 0.1) is 20.8 Å². The third-order valence-corrected chi connectivity index (χ3v) is 6.55. The standard InChI is InChI=1S/C26H25N3O5/c1-15-5-7-18(8-6-15)26(4)24(31)28(25(32)27-26)13-21(30)20-11-16(2)29(17(20)3)19-9-10-22-23(12-19)34-14-33-22/h5-12H,13-14H2,1-4H3,(H,27,32)/t26-/m1/s1. The zero-order valence-electron chi connectivity index (χ0n) is 19.5. The number of Topliss-reactive ketones (excluding diaryl/α,β-unsaturated/α-hetero) is 1. The van der Waals surface area contributed by atoms with Gasteiger partial charge in [-0.25, -0.2) is 4.79 Å². The van der Waals surface area contributed by atoms with E-state index in [1.807, 2.05) is 67.8 Å². The topological polar surface area (TPSA) is 89.9 Å². The molecule has 0 unspecified atom stereocenters. The minimum atomic E-state index is -1.21. The Morgan fingerprint density at radius 3 is 2.44 bits per heavy atom. The van der Waals surface area contributed by atoms with Crippen molar-refractivity contribution in [3.8, 4) is 17.2 Å². The number of ether oxygens (including phenoxy) is 2. The van der Waals surface area contributed by atoms with Crippen molar-refractivity contribution >= 4 is 17.7 Å². The van der Waals surface area contributed by atoms with Gasteiger partial charge in [-0.3, -0.25) is 14.5 Å². The molecule has 5 rings (SSSR count). The Balaban J connectivity index is 1.41. The molecule has 3 amide bonds. The minimum Gasteiger partial charge on any atom is -0.454 e. The van der Waals surface area contributed by atoms with Crippen molar-refractivity contribution in [3.63, 3.8) is 0 Å². The number of carbonyl (C=O) groups excluding carboxylic acids is 3. The summed E-state index contributed by atoms with van der Waals surface area (Å²) in [4.78, 5) is 40.2. The van der Waals surface area contributed by atoms with Crippen molar-refractivity contribution in [1.29, 1.82) is 0 Å². The number of ketones is 1. The van der Waals surface area contributed by atoms with Gasteiger partial charge in [0.05, 0.1) is 6.54 Å². The second-order valence-electron chi connectivity index (χ2n) is 8.89. The molecule has 1 fully saturated rings. The Morgan fingerprint density at radius 2 is 1.71 bits per heavy atom. The third-order valence-electron chi connectivity index (χ3n) is 6.55. The van der Waals surface area contributed by atoms with Gasteiger partial charge in [-0.1, -0.05) is 29.8 Å². The molecule has 1 N–H and O–H groups in total. The summed E-state index contributed by atoms with van der Waals surface area (Å²) >= 11 is 0. The van der Waals surface area contributed by atoms with Crippen molar-refractivity contribution in [2.45, 2.75) is 33.2 Å². The van der Waals surface area contributed by atoms with Gasteiger partial charge in [-0.2, -0.15) is 0 Å². The largest absolute Gasteiger partial charge is 0.454 e. The smallest absolute Gasteiger partial charge is 0.325 e. The summed E-state index contributed by atoms with van der Waals surface area (Å²) in [7, 11) is 0. The highest BCUT2D eigenvalue weighted by Gasteiger charge is 2.49. The number of benzene rings is 2. The first kappa shape index (κ1) is 21.8. The van der Waals surface area contributed by atoms with Crippen LogP contribution in [0.4, 0.5) is 4.79 Å². The lowest BCUT2D eigenvalue weighted by Crippen LogP contribution is -2.41. The van der Waals surface area contributed by atoms with Crippen LogP contribution in [0.5, 0.6) is 11.5 Å². The van der Waals surface area contributed by atoms with Gasteiger partial charge in [0.2, 0.25) is 6.79 Å². The maximum atomic E-state index is 13.3. The highest BCUT2D eigenvalue weighted by Crippen LogP contribution is 2.35. The Bertz CT molecular complexity index is 1340. The van der Waals surface area contributed by atoms with Gasteiger partial charge < -0.3 is 19.4 Å². The average Bonchev–Trinajstić information content (AvgIpc) is 3.45. The molecule has 0 bridgehead atoms. The zero-order chi connectivity index (χ0) is 24.2. The summed E-state index contributed by atoms with van der Waals surface area (Å²) in [6.45, 7) is 7.20. The van der Waals surface area contributed by atoms with E-state index in [0.29, 0.717) is 22.6 Å². The average molecular weight is 460 g/mol. The highest BCUT2D eigenvalue weighted by molar-refractivity contribution is 6.11. The number of aryl methyl sites for hydroxylation is 2. The van der Waals surface area contributed by atoms with Crippen LogP contribution in [0.15, 0.2) is 48.5 Å². The number of nitrogens with one attached hydrogen (secondary N) is 1. The number of carbonyl (C=O) groups is 3.